The number of rotatable bonds is 5. The fourth-order valence-electron chi connectivity index (χ4n) is 4.52. The van der Waals surface area contributed by atoms with E-state index in [2.05, 4.69) is 12.2 Å². The Kier molecular flexibility index (Phi) is 4.97. The van der Waals surface area contributed by atoms with Gasteiger partial charge < -0.3 is 24.6 Å². The van der Waals surface area contributed by atoms with Crippen molar-refractivity contribution >= 4 is 17.1 Å². The van der Waals surface area contributed by atoms with E-state index < -0.39 is 6.10 Å². The number of aryl methyl sites for hydroxylation is 2. The van der Waals surface area contributed by atoms with Gasteiger partial charge in [-0.15, -0.1) is 11.3 Å². The van der Waals surface area contributed by atoms with Gasteiger partial charge in [0.2, 0.25) is 6.79 Å². The average molecular weight is 416 g/mol. The van der Waals surface area contributed by atoms with Gasteiger partial charge in [-0.25, -0.2) is 0 Å². The lowest BCUT2D eigenvalue weighted by atomic mass is 9.87. The maximum atomic E-state index is 12.8. The van der Waals surface area contributed by atoms with Crippen LogP contribution in [-0.4, -0.2) is 42.5 Å². The molecular weight excluding hydrogens is 390 g/mol. The van der Waals surface area contributed by atoms with Crippen molar-refractivity contribution in [2.45, 2.75) is 50.9 Å². The second-order valence-corrected chi connectivity index (χ2v) is 9.39. The monoisotopic (exact) mass is 415 g/mol. The molecule has 3 aliphatic rings. The third-order valence-corrected chi connectivity index (χ3v) is 7.21. The molecule has 29 heavy (non-hydrogen) atoms. The summed E-state index contributed by atoms with van der Waals surface area (Å²) in [5.41, 5.74) is 0.904. The molecule has 2 aliphatic carbocycles. The van der Waals surface area contributed by atoms with Crippen molar-refractivity contribution in [1.29, 1.82) is 0 Å². The molecule has 1 saturated carbocycles. The normalized spacial score (nSPS) is 27.9. The Hall–Kier alpha value is -2.09. The number of aliphatic hydroxyl groups is 1. The zero-order chi connectivity index (χ0) is 20.0. The molecule has 2 N–H and O–H groups in total. The van der Waals surface area contributed by atoms with Gasteiger partial charge in [-0.05, 0) is 50.8 Å². The lowest BCUT2D eigenvalue weighted by Crippen LogP contribution is -2.44. The van der Waals surface area contributed by atoms with Gasteiger partial charge in [0.05, 0.1) is 0 Å². The number of nitrogens with one attached hydrogen (secondary N) is 1. The van der Waals surface area contributed by atoms with Crippen LogP contribution in [0.5, 0.6) is 17.2 Å². The quantitative estimate of drug-likeness (QED) is 0.782. The van der Waals surface area contributed by atoms with E-state index in [4.69, 9.17) is 14.2 Å². The van der Waals surface area contributed by atoms with Crippen LogP contribution < -0.4 is 19.5 Å². The predicted octanol–water partition coefficient (Wildman–Crippen LogP) is 3.09. The Bertz CT molecular complexity index is 926. The van der Waals surface area contributed by atoms with Crippen molar-refractivity contribution in [3.63, 3.8) is 0 Å². The van der Waals surface area contributed by atoms with Crippen LogP contribution in [0.4, 0.5) is 0 Å². The summed E-state index contributed by atoms with van der Waals surface area (Å²) in [5, 5.41) is 14.2. The summed E-state index contributed by atoms with van der Waals surface area (Å²) in [6, 6.07) is 7.42. The largest absolute Gasteiger partial charge is 0.488 e. The van der Waals surface area contributed by atoms with Gasteiger partial charge in [-0.3, -0.25) is 4.79 Å². The topological polar surface area (TPSA) is 77.0 Å². The Labute approximate surface area is 173 Å². The maximum Gasteiger partial charge on any atom is 0.231 e. The summed E-state index contributed by atoms with van der Waals surface area (Å²) in [5.74, 6) is 2.27. The third kappa shape index (κ3) is 3.63. The number of aliphatic hydroxyl groups excluding tert-OH is 1. The molecule has 0 spiro atoms. The first-order valence-corrected chi connectivity index (χ1v) is 11.0. The number of hydrogen-bond donors (Lipinski definition) is 2. The van der Waals surface area contributed by atoms with Crippen LogP contribution >= 0.6 is 11.3 Å². The molecule has 1 fully saturated rings. The van der Waals surface area contributed by atoms with Crippen molar-refractivity contribution in [3.05, 3.63) is 39.6 Å². The number of ketones is 1. The number of benzene rings is 1. The summed E-state index contributed by atoms with van der Waals surface area (Å²) < 4.78 is 16.7. The number of carbonyl (C=O) groups excluding carboxylic acids is 1. The van der Waals surface area contributed by atoms with Gasteiger partial charge >= 0.3 is 0 Å². The van der Waals surface area contributed by atoms with E-state index in [1.54, 1.807) is 17.4 Å². The van der Waals surface area contributed by atoms with E-state index in [9.17, 15) is 9.90 Å². The summed E-state index contributed by atoms with van der Waals surface area (Å²) in [7, 11) is 0. The van der Waals surface area contributed by atoms with Crippen LogP contribution in [0, 0.1) is 12.8 Å². The molecule has 0 amide bonds. The second kappa shape index (κ2) is 7.63. The first kappa shape index (κ1) is 18.9. The van der Waals surface area contributed by atoms with Gasteiger partial charge in [-0.1, -0.05) is 0 Å². The highest BCUT2D eigenvalue weighted by atomic mass is 32.1. The minimum atomic E-state index is -0.613. The number of Topliss-reactive ketones (excluding diaryl/α,β-unsaturated/α-hetero) is 1. The summed E-state index contributed by atoms with van der Waals surface area (Å²) in [4.78, 5) is 15.2. The molecular formula is C22H25NO5S. The zero-order valence-electron chi connectivity index (χ0n) is 16.3. The van der Waals surface area contributed by atoms with Crippen LogP contribution in [0.2, 0.25) is 0 Å². The number of thiophene rings is 1. The average Bonchev–Trinajstić information content (AvgIpc) is 3.41. The van der Waals surface area contributed by atoms with Gasteiger partial charge in [0, 0.05) is 39.9 Å². The Morgan fingerprint density at radius 2 is 2.07 bits per heavy atom. The minimum absolute atomic E-state index is 0.0162. The second-order valence-electron chi connectivity index (χ2n) is 8.05. The minimum Gasteiger partial charge on any atom is -0.488 e. The molecule has 0 radical (unpaired) electrons. The molecule has 1 aromatic carbocycles. The molecule has 1 aliphatic heterocycles. The van der Waals surface area contributed by atoms with Gasteiger partial charge in [0.25, 0.3) is 0 Å². The third-order valence-electron chi connectivity index (χ3n) is 6.10. The Morgan fingerprint density at radius 1 is 1.21 bits per heavy atom. The molecule has 0 saturated heterocycles. The van der Waals surface area contributed by atoms with E-state index in [-0.39, 0.29) is 30.6 Å². The van der Waals surface area contributed by atoms with E-state index in [1.165, 1.54) is 9.75 Å². The SMILES string of the molecule is Cc1cc2c(s1)CCC(CNC1CCC(Oc3ccc4c(c3)OCO4)C1O)C2=O. The van der Waals surface area contributed by atoms with Gasteiger partial charge in [-0.2, -0.15) is 0 Å². The molecule has 2 aromatic rings. The molecule has 4 atom stereocenters. The first-order chi connectivity index (χ1) is 14.1. The summed E-state index contributed by atoms with van der Waals surface area (Å²) >= 11 is 1.73. The number of hydrogen-bond acceptors (Lipinski definition) is 7. The van der Waals surface area contributed by atoms with Crippen LogP contribution in [0.1, 0.15) is 39.4 Å². The van der Waals surface area contributed by atoms with Gasteiger partial charge in [0.15, 0.2) is 17.3 Å². The highest BCUT2D eigenvalue weighted by Gasteiger charge is 2.37. The maximum absolute atomic E-state index is 12.8. The summed E-state index contributed by atoms with van der Waals surface area (Å²) in [6.07, 6.45) is 2.53. The van der Waals surface area contributed by atoms with Crippen molar-refractivity contribution < 1.29 is 24.1 Å². The van der Waals surface area contributed by atoms with Crippen molar-refractivity contribution in [2.75, 3.05) is 13.3 Å². The standard InChI is InChI=1S/C22H25NO5S/c1-12-8-15-20(29-12)7-2-13(21(15)24)10-23-16-4-6-18(22(16)25)28-14-3-5-17-19(9-14)27-11-26-17/h3,5,8-9,13,16,18,22-23,25H,2,4,6-7,10-11H2,1H3. The number of fused-ring (bicyclic) bond motifs is 2. The van der Waals surface area contributed by atoms with E-state index >= 15 is 0 Å². The molecule has 2 heterocycles. The van der Waals surface area contributed by atoms with Crippen molar-refractivity contribution in [3.8, 4) is 17.2 Å². The van der Waals surface area contributed by atoms with Crippen LogP contribution in [0.25, 0.3) is 0 Å². The smallest absolute Gasteiger partial charge is 0.231 e. The first-order valence-electron chi connectivity index (χ1n) is 10.2. The lowest BCUT2D eigenvalue weighted by molar-refractivity contribution is 0.0440. The summed E-state index contributed by atoms with van der Waals surface area (Å²) in [6.45, 7) is 2.88. The number of ether oxygens (including phenoxy) is 3. The zero-order valence-corrected chi connectivity index (χ0v) is 17.2. The molecule has 5 rings (SSSR count). The predicted molar refractivity (Wildman–Crippen MR) is 109 cm³/mol. The highest BCUT2D eigenvalue weighted by Crippen LogP contribution is 2.37. The lowest BCUT2D eigenvalue weighted by Gasteiger charge is -2.25. The van der Waals surface area contributed by atoms with Crippen molar-refractivity contribution in [2.24, 2.45) is 5.92 Å². The molecule has 1 aromatic heterocycles. The van der Waals surface area contributed by atoms with E-state index in [1.807, 2.05) is 18.2 Å². The Balaban J connectivity index is 1.17. The molecule has 154 valence electrons. The van der Waals surface area contributed by atoms with Crippen LogP contribution in [0.15, 0.2) is 24.3 Å². The fourth-order valence-corrected chi connectivity index (χ4v) is 5.58. The molecule has 4 unspecified atom stereocenters. The number of carbonyl (C=O) groups is 1. The molecule has 0 bridgehead atoms. The van der Waals surface area contributed by atoms with Crippen molar-refractivity contribution in [1.82, 2.24) is 5.32 Å². The molecule has 6 nitrogen and oxygen atoms in total. The highest BCUT2D eigenvalue weighted by molar-refractivity contribution is 7.12. The van der Waals surface area contributed by atoms with Crippen LogP contribution in [0.3, 0.4) is 0 Å². The van der Waals surface area contributed by atoms with Gasteiger partial charge in [0.1, 0.15) is 18.0 Å². The van der Waals surface area contributed by atoms with Crippen LogP contribution in [-0.2, 0) is 6.42 Å². The van der Waals surface area contributed by atoms with E-state index in [0.29, 0.717) is 23.8 Å². The van der Waals surface area contributed by atoms with E-state index in [0.717, 1.165) is 31.2 Å². The molecule has 7 heteroatoms. The fraction of sp³-hybridized carbons (Fsp3) is 0.500. The Morgan fingerprint density at radius 3 is 2.97 bits per heavy atom.